The Labute approximate surface area is 241 Å². The molecule has 0 bridgehead atoms. The lowest BCUT2D eigenvalue weighted by Crippen LogP contribution is -2.11. The van der Waals surface area contributed by atoms with E-state index in [1.807, 2.05) is 32.7 Å². The highest BCUT2D eigenvalue weighted by Crippen LogP contribution is 2.20. The summed E-state index contributed by atoms with van der Waals surface area (Å²) in [5.41, 5.74) is 1.88. The molecular weight excluding hydrogens is 608 g/mol. The number of aromatic nitrogens is 2. The van der Waals surface area contributed by atoms with Gasteiger partial charge in [-0.15, -0.1) is 0 Å². The maximum atomic E-state index is 12.2. The van der Waals surface area contributed by atoms with Gasteiger partial charge in [-0.2, -0.15) is 18.2 Å². The summed E-state index contributed by atoms with van der Waals surface area (Å²) in [5.74, 6) is 1.48. The van der Waals surface area contributed by atoms with Crippen LogP contribution in [-0.4, -0.2) is 67.6 Å². The van der Waals surface area contributed by atoms with Crippen LogP contribution in [0.1, 0.15) is 55.9 Å². The van der Waals surface area contributed by atoms with Crippen LogP contribution in [0.4, 0.5) is 17.6 Å². The van der Waals surface area contributed by atoms with E-state index in [1.54, 1.807) is 19.1 Å². The zero-order valence-corrected chi connectivity index (χ0v) is 25.9. The fraction of sp³-hybridized carbons (Fsp3) is 0.500. The minimum absolute atomic E-state index is 0.147. The molecule has 0 fully saturated rings. The van der Waals surface area contributed by atoms with E-state index >= 15 is 0 Å². The fourth-order valence-corrected chi connectivity index (χ4v) is 1.93. The molecule has 0 aliphatic carbocycles. The average Bonchev–Trinajstić information content (AvgIpc) is 3.37. The van der Waals surface area contributed by atoms with E-state index in [2.05, 4.69) is 37.4 Å². The Morgan fingerprint density at radius 2 is 1.55 bits per heavy atom. The van der Waals surface area contributed by atoms with Gasteiger partial charge < -0.3 is 18.7 Å². The quantitative estimate of drug-likeness (QED) is 0.0782. The summed E-state index contributed by atoms with van der Waals surface area (Å²) in [6.07, 6.45) is -2.51. The van der Waals surface area contributed by atoms with Gasteiger partial charge in [-0.3, -0.25) is 9.18 Å². The molecule has 0 unspecified atom stereocenters. The number of benzene rings is 1. The van der Waals surface area contributed by atoms with E-state index < -0.39 is 18.1 Å². The minimum Gasteiger partial charge on any atom is -0.469 e. The number of rotatable bonds is 7. The topological polar surface area (TPSA) is 118 Å². The van der Waals surface area contributed by atoms with Gasteiger partial charge in [0.15, 0.2) is 0 Å². The average molecular weight is 648 g/mol. The largest absolute Gasteiger partial charge is 0.469 e. The first-order valence-corrected chi connectivity index (χ1v) is 13.1. The molecule has 0 aliphatic rings. The number of methoxy groups -OCH3 is 1. The molecule has 14 heteroatoms. The SMILES string of the molecule is C=CC(=O)OCCCOC(=O)c1cc(-c2noc(C)n2)ccc1C.CBr.CC.CC(F)(F)F.CF.COC(C)=O. The van der Waals surface area contributed by atoms with E-state index in [4.69, 9.17) is 14.0 Å². The summed E-state index contributed by atoms with van der Waals surface area (Å²) in [4.78, 5) is 36.8. The molecular formula is C26H39BrF4N2O7. The zero-order valence-electron chi connectivity index (χ0n) is 24.3. The normalized spacial score (nSPS) is 8.95. The molecule has 0 spiro atoms. The number of carbonyl (C=O) groups is 3. The van der Waals surface area contributed by atoms with Gasteiger partial charge in [0.25, 0.3) is 0 Å². The van der Waals surface area contributed by atoms with Crippen LogP contribution in [0.5, 0.6) is 0 Å². The molecule has 0 radical (unpaired) electrons. The van der Waals surface area contributed by atoms with Crippen LogP contribution in [0.15, 0.2) is 35.4 Å². The van der Waals surface area contributed by atoms with Gasteiger partial charge in [0.2, 0.25) is 11.7 Å². The highest BCUT2D eigenvalue weighted by atomic mass is 79.9. The second-order valence-electron chi connectivity index (χ2n) is 6.50. The van der Waals surface area contributed by atoms with E-state index in [-0.39, 0.29) is 26.1 Å². The molecule has 1 heterocycles. The predicted octanol–water partition coefficient (Wildman–Crippen LogP) is 7.00. The van der Waals surface area contributed by atoms with E-state index in [0.717, 1.165) is 11.6 Å². The second kappa shape index (κ2) is 27.3. The predicted molar refractivity (Wildman–Crippen MR) is 148 cm³/mol. The van der Waals surface area contributed by atoms with Crippen molar-refractivity contribution in [3.05, 3.63) is 47.9 Å². The van der Waals surface area contributed by atoms with Crippen molar-refractivity contribution in [2.45, 2.75) is 54.1 Å². The number of carbonyl (C=O) groups excluding carboxylic acids is 3. The van der Waals surface area contributed by atoms with Gasteiger partial charge in [-0.25, -0.2) is 9.59 Å². The molecule has 0 saturated heterocycles. The Bertz CT molecular complexity index is 963. The van der Waals surface area contributed by atoms with Crippen molar-refractivity contribution < 1.29 is 50.7 Å². The number of hydrogen-bond acceptors (Lipinski definition) is 9. The monoisotopic (exact) mass is 646 g/mol. The first-order chi connectivity index (χ1) is 18.8. The first-order valence-electron chi connectivity index (χ1n) is 11.5. The summed E-state index contributed by atoms with van der Waals surface area (Å²) in [6, 6.07) is 5.27. The molecule has 9 nitrogen and oxygen atoms in total. The zero-order chi connectivity index (χ0) is 32.3. The molecule has 40 heavy (non-hydrogen) atoms. The lowest BCUT2D eigenvalue weighted by molar-refractivity contribution is -0.138. The number of nitrogens with zero attached hydrogens (tertiary/aromatic N) is 2. The summed E-state index contributed by atoms with van der Waals surface area (Å²) in [5, 5.41) is 3.83. The second-order valence-corrected chi connectivity index (χ2v) is 6.50. The smallest absolute Gasteiger partial charge is 0.386 e. The van der Waals surface area contributed by atoms with Gasteiger partial charge in [0.05, 0.1) is 33.1 Å². The Balaban J connectivity index is -0.000000337. The third kappa shape index (κ3) is 26.3. The molecule has 0 aliphatic heterocycles. The summed E-state index contributed by atoms with van der Waals surface area (Å²) < 4.78 is 59.6. The maximum Gasteiger partial charge on any atom is 0.386 e. The van der Waals surface area contributed by atoms with E-state index in [1.165, 1.54) is 14.0 Å². The van der Waals surface area contributed by atoms with E-state index in [0.29, 0.717) is 36.4 Å². The summed E-state index contributed by atoms with van der Waals surface area (Å²) >= 11 is 2.94. The molecule has 1 aromatic heterocycles. The molecule has 0 saturated carbocycles. The van der Waals surface area contributed by atoms with Crippen molar-refractivity contribution in [2.75, 3.05) is 33.3 Å². The van der Waals surface area contributed by atoms with Crippen molar-refractivity contribution in [1.82, 2.24) is 10.1 Å². The molecule has 1 aromatic carbocycles. The van der Waals surface area contributed by atoms with Crippen LogP contribution in [-0.2, 0) is 23.8 Å². The highest BCUT2D eigenvalue weighted by molar-refractivity contribution is 9.08. The van der Waals surface area contributed by atoms with Gasteiger partial charge >= 0.3 is 24.1 Å². The number of alkyl halides is 5. The van der Waals surface area contributed by atoms with Crippen LogP contribution >= 0.6 is 15.9 Å². The third-order valence-electron chi connectivity index (χ3n) is 3.46. The third-order valence-corrected chi connectivity index (χ3v) is 3.46. The van der Waals surface area contributed by atoms with Crippen LogP contribution < -0.4 is 0 Å². The lowest BCUT2D eigenvalue weighted by atomic mass is 10.0. The van der Waals surface area contributed by atoms with E-state index in [9.17, 15) is 31.9 Å². The highest BCUT2D eigenvalue weighted by Gasteiger charge is 2.16. The number of esters is 3. The molecule has 230 valence electrons. The number of halogens is 5. The Hall–Kier alpha value is -3.29. The maximum absolute atomic E-state index is 12.2. The first kappa shape index (κ1) is 43.8. The van der Waals surface area contributed by atoms with Gasteiger partial charge in [-0.1, -0.05) is 53.6 Å². The Kier molecular flexibility index (Phi) is 29.8. The van der Waals surface area contributed by atoms with Crippen LogP contribution in [0, 0.1) is 13.8 Å². The number of ether oxygens (including phenoxy) is 3. The van der Waals surface area contributed by atoms with Gasteiger partial charge in [0.1, 0.15) is 0 Å². The van der Waals surface area contributed by atoms with Crippen molar-refractivity contribution in [1.29, 1.82) is 0 Å². The number of hydrogen-bond donors (Lipinski definition) is 0. The minimum atomic E-state index is -4.00. The van der Waals surface area contributed by atoms with Crippen LogP contribution in [0.25, 0.3) is 11.4 Å². The van der Waals surface area contributed by atoms with Crippen molar-refractivity contribution in [3.63, 3.8) is 0 Å². The number of aryl methyl sites for hydroxylation is 2. The Morgan fingerprint density at radius 3 is 1.95 bits per heavy atom. The summed E-state index contributed by atoms with van der Waals surface area (Å²) in [7, 11) is 1.85. The van der Waals surface area contributed by atoms with Crippen molar-refractivity contribution in [3.8, 4) is 11.4 Å². The molecule has 0 atom stereocenters. The molecule has 0 amide bonds. The summed E-state index contributed by atoms with van der Waals surface area (Å²) in [6.45, 7) is 12.7. The molecule has 0 N–H and O–H groups in total. The van der Waals surface area contributed by atoms with Crippen LogP contribution in [0.3, 0.4) is 0 Å². The Morgan fingerprint density at radius 1 is 1.07 bits per heavy atom. The van der Waals surface area contributed by atoms with Crippen molar-refractivity contribution >= 4 is 33.8 Å². The van der Waals surface area contributed by atoms with Gasteiger partial charge in [0, 0.05) is 38.8 Å². The van der Waals surface area contributed by atoms with Gasteiger partial charge in [-0.05, 0) is 24.4 Å². The lowest BCUT2D eigenvalue weighted by Gasteiger charge is -2.08. The standard InChI is InChI=1S/C17H18N2O5.C3H6O2.C2H3F3.C2H6.CH3Br.CH3F/c1-4-15(20)22-8-5-9-23-17(21)14-10-13(7-6-11(14)2)16-18-12(3)24-19-16;1-3(4)5-2;1-2(3,4)5;3*1-2/h4,6-7,10H,1,5,8-9H2,2-3H3;1-2H3;1H3;1-2H3;2*1H3. The molecule has 2 aromatic rings. The van der Waals surface area contributed by atoms with Crippen molar-refractivity contribution in [2.24, 2.45) is 0 Å². The van der Waals surface area contributed by atoms with Crippen LogP contribution in [0.2, 0.25) is 0 Å². The fourth-order valence-electron chi connectivity index (χ4n) is 1.93. The molecule has 2 rings (SSSR count).